The zero-order chi connectivity index (χ0) is 18.3. The third-order valence-electron chi connectivity index (χ3n) is 3.99. The normalized spacial score (nSPS) is 17.9. The minimum atomic E-state index is -3.24. The summed E-state index contributed by atoms with van der Waals surface area (Å²) in [6.45, 7) is 2.01. The number of amides is 1. The van der Waals surface area contributed by atoms with Gasteiger partial charge in [-0.2, -0.15) is 11.8 Å². The molecule has 0 saturated carbocycles. The van der Waals surface area contributed by atoms with Crippen molar-refractivity contribution in [3.05, 3.63) is 24.3 Å². The molecule has 1 aromatic rings. The van der Waals surface area contributed by atoms with E-state index in [0.717, 1.165) is 18.1 Å². The Labute approximate surface area is 154 Å². The van der Waals surface area contributed by atoms with E-state index in [1.165, 1.54) is 12.3 Å². The number of ether oxygens (including phenoxy) is 1. The topological polar surface area (TPSA) is 75.7 Å². The van der Waals surface area contributed by atoms with Crippen LogP contribution in [0.3, 0.4) is 0 Å². The van der Waals surface area contributed by atoms with Crippen molar-refractivity contribution in [1.82, 2.24) is 10.2 Å². The summed E-state index contributed by atoms with van der Waals surface area (Å²) in [7, 11) is -1.43. The largest absolute Gasteiger partial charge is 0.493 e. The fourth-order valence-corrected chi connectivity index (χ4v) is 4.13. The highest BCUT2D eigenvalue weighted by atomic mass is 32.2. The van der Waals surface area contributed by atoms with E-state index < -0.39 is 9.84 Å². The first-order valence-electron chi connectivity index (χ1n) is 8.34. The summed E-state index contributed by atoms with van der Waals surface area (Å²) >= 11 is 1.88. The molecule has 1 aromatic carbocycles. The lowest BCUT2D eigenvalue weighted by molar-refractivity contribution is -0.130. The van der Waals surface area contributed by atoms with E-state index >= 15 is 0 Å². The molecule has 8 heteroatoms. The van der Waals surface area contributed by atoms with Gasteiger partial charge in [-0.25, -0.2) is 8.42 Å². The molecule has 6 nitrogen and oxygen atoms in total. The first-order valence-corrected chi connectivity index (χ1v) is 11.4. The predicted octanol–water partition coefficient (Wildman–Crippen LogP) is 1.41. The van der Waals surface area contributed by atoms with Crippen LogP contribution in [0.1, 0.15) is 12.8 Å². The van der Waals surface area contributed by atoms with E-state index in [9.17, 15) is 13.2 Å². The molecule has 1 atom stereocenters. The number of thioether (sulfide) groups is 1. The van der Waals surface area contributed by atoms with Crippen LogP contribution in [0.25, 0.3) is 0 Å². The Kier molecular flexibility index (Phi) is 7.58. The van der Waals surface area contributed by atoms with E-state index in [0.29, 0.717) is 31.7 Å². The molecule has 0 aliphatic carbocycles. The van der Waals surface area contributed by atoms with Gasteiger partial charge in [-0.15, -0.1) is 0 Å². The van der Waals surface area contributed by atoms with Crippen LogP contribution in [-0.2, 0) is 14.6 Å². The molecular formula is C17H26N2O4S2. The van der Waals surface area contributed by atoms with Gasteiger partial charge >= 0.3 is 0 Å². The highest BCUT2D eigenvalue weighted by molar-refractivity contribution is 7.99. The smallest absolute Gasteiger partial charge is 0.223 e. The van der Waals surface area contributed by atoms with Crippen LogP contribution in [0, 0.1) is 0 Å². The molecule has 0 aromatic heterocycles. The van der Waals surface area contributed by atoms with Crippen molar-refractivity contribution in [1.29, 1.82) is 0 Å². The maximum absolute atomic E-state index is 12.2. The van der Waals surface area contributed by atoms with Crippen LogP contribution in [0.5, 0.6) is 5.75 Å². The zero-order valence-corrected chi connectivity index (χ0v) is 16.4. The summed E-state index contributed by atoms with van der Waals surface area (Å²) in [5, 5.41) is 3.37. The Morgan fingerprint density at radius 3 is 2.92 bits per heavy atom. The van der Waals surface area contributed by atoms with Crippen LogP contribution in [0.15, 0.2) is 29.2 Å². The van der Waals surface area contributed by atoms with Crippen molar-refractivity contribution in [3.8, 4) is 5.75 Å². The van der Waals surface area contributed by atoms with Crippen LogP contribution >= 0.6 is 11.8 Å². The molecule has 1 saturated heterocycles. The number of sulfone groups is 1. The first kappa shape index (κ1) is 20.1. The van der Waals surface area contributed by atoms with E-state index in [2.05, 4.69) is 5.32 Å². The second kappa shape index (κ2) is 9.45. The molecule has 1 fully saturated rings. The fraction of sp³-hybridized carbons (Fsp3) is 0.588. The standard InChI is InChI=1S/C17H26N2O4S2/c1-19(17(20)11-14-13-24-10-7-18-14)8-4-9-23-15-5-3-6-16(12-15)25(2,21)22/h3,5-6,12,14,18H,4,7-11,13H2,1-2H3. The lowest BCUT2D eigenvalue weighted by Gasteiger charge is -2.25. The first-order chi connectivity index (χ1) is 11.9. The van der Waals surface area contributed by atoms with Gasteiger partial charge < -0.3 is 15.0 Å². The van der Waals surface area contributed by atoms with E-state index in [1.807, 2.05) is 18.8 Å². The SMILES string of the molecule is CN(CCCOc1cccc(S(C)(=O)=O)c1)C(=O)CC1CSCCN1. The average molecular weight is 387 g/mol. The van der Waals surface area contributed by atoms with Crippen LogP contribution in [0.4, 0.5) is 0 Å². The monoisotopic (exact) mass is 386 g/mol. The molecule has 1 aliphatic heterocycles. The summed E-state index contributed by atoms with van der Waals surface area (Å²) in [6, 6.07) is 6.73. The van der Waals surface area contributed by atoms with Crippen LogP contribution in [0.2, 0.25) is 0 Å². The maximum atomic E-state index is 12.2. The summed E-state index contributed by atoms with van der Waals surface area (Å²) in [5.74, 6) is 2.76. The molecule has 0 radical (unpaired) electrons. The van der Waals surface area contributed by atoms with Gasteiger partial charge in [0.1, 0.15) is 5.75 Å². The van der Waals surface area contributed by atoms with E-state index in [-0.39, 0.29) is 16.8 Å². The second-order valence-electron chi connectivity index (χ2n) is 6.19. The van der Waals surface area contributed by atoms with Crippen molar-refractivity contribution < 1.29 is 17.9 Å². The van der Waals surface area contributed by atoms with Crippen LogP contribution < -0.4 is 10.1 Å². The maximum Gasteiger partial charge on any atom is 0.223 e. The van der Waals surface area contributed by atoms with Crippen molar-refractivity contribution in [2.45, 2.75) is 23.8 Å². The molecule has 1 N–H and O–H groups in total. The molecule has 25 heavy (non-hydrogen) atoms. The molecule has 1 unspecified atom stereocenters. The highest BCUT2D eigenvalue weighted by Crippen LogP contribution is 2.17. The third kappa shape index (κ3) is 6.87. The van der Waals surface area contributed by atoms with E-state index in [1.54, 1.807) is 23.1 Å². The number of hydrogen-bond donors (Lipinski definition) is 1. The summed E-state index contributed by atoms with van der Waals surface area (Å²) < 4.78 is 28.7. The molecule has 1 amide bonds. The second-order valence-corrected chi connectivity index (χ2v) is 9.36. The number of nitrogens with zero attached hydrogens (tertiary/aromatic N) is 1. The van der Waals surface area contributed by atoms with Gasteiger partial charge in [0, 0.05) is 50.4 Å². The molecule has 140 valence electrons. The number of hydrogen-bond acceptors (Lipinski definition) is 6. The summed E-state index contributed by atoms with van der Waals surface area (Å²) in [5.41, 5.74) is 0. The van der Waals surface area contributed by atoms with Crippen LogP contribution in [-0.4, -0.2) is 69.8 Å². The zero-order valence-electron chi connectivity index (χ0n) is 14.7. The van der Waals surface area contributed by atoms with Gasteiger partial charge in [0.05, 0.1) is 11.5 Å². The average Bonchev–Trinajstić information content (AvgIpc) is 2.59. The van der Waals surface area contributed by atoms with Crippen molar-refractivity contribution in [3.63, 3.8) is 0 Å². The van der Waals surface area contributed by atoms with Crippen molar-refractivity contribution >= 4 is 27.5 Å². The summed E-state index contributed by atoms with van der Waals surface area (Å²) in [4.78, 5) is 14.2. The number of benzene rings is 1. The predicted molar refractivity (Wildman–Crippen MR) is 101 cm³/mol. The van der Waals surface area contributed by atoms with Gasteiger partial charge in [-0.1, -0.05) is 6.07 Å². The fourth-order valence-electron chi connectivity index (χ4n) is 2.53. The number of nitrogens with one attached hydrogen (secondary N) is 1. The third-order valence-corrected chi connectivity index (χ3v) is 6.23. The van der Waals surface area contributed by atoms with Gasteiger partial charge in [0.2, 0.25) is 5.91 Å². The van der Waals surface area contributed by atoms with Gasteiger partial charge in [0.15, 0.2) is 9.84 Å². The molecule has 0 bridgehead atoms. The Bertz CT molecular complexity index is 673. The Morgan fingerprint density at radius 1 is 1.44 bits per heavy atom. The molecule has 2 rings (SSSR count). The quantitative estimate of drug-likeness (QED) is 0.681. The lowest BCUT2D eigenvalue weighted by atomic mass is 10.2. The number of rotatable bonds is 8. The number of carbonyl (C=O) groups is 1. The summed E-state index contributed by atoms with van der Waals surface area (Å²) in [6.07, 6.45) is 2.39. The van der Waals surface area contributed by atoms with Gasteiger partial charge in [-0.05, 0) is 24.6 Å². The van der Waals surface area contributed by atoms with Gasteiger partial charge in [0.25, 0.3) is 0 Å². The molecule has 1 aliphatic rings. The Hall–Kier alpha value is -1.25. The minimum absolute atomic E-state index is 0.138. The highest BCUT2D eigenvalue weighted by Gasteiger charge is 2.18. The van der Waals surface area contributed by atoms with Gasteiger partial charge in [-0.3, -0.25) is 4.79 Å². The van der Waals surface area contributed by atoms with Crippen molar-refractivity contribution in [2.24, 2.45) is 0 Å². The molecule has 1 heterocycles. The molecular weight excluding hydrogens is 360 g/mol. The van der Waals surface area contributed by atoms with Crippen molar-refractivity contribution in [2.75, 3.05) is 44.5 Å². The Morgan fingerprint density at radius 2 is 2.24 bits per heavy atom. The Balaban J connectivity index is 1.70. The number of carbonyl (C=O) groups excluding carboxylic acids is 1. The minimum Gasteiger partial charge on any atom is -0.493 e. The van der Waals surface area contributed by atoms with E-state index in [4.69, 9.17) is 4.74 Å². The molecule has 0 spiro atoms. The lowest BCUT2D eigenvalue weighted by Crippen LogP contribution is -2.42.